The van der Waals surface area contributed by atoms with Crippen molar-refractivity contribution in [3.63, 3.8) is 0 Å². The monoisotopic (exact) mass is 220 g/mol. The van der Waals surface area contributed by atoms with Crippen LogP contribution in [0.4, 0.5) is 10.5 Å². The van der Waals surface area contributed by atoms with Gasteiger partial charge in [-0.2, -0.15) is 0 Å². The molecule has 2 amide bonds. The van der Waals surface area contributed by atoms with Crippen molar-refractivity contribution in [3.05, 3.63) is 24.3 Å². The number of hydrogen-bond donors (Lipinski definition) is 0. The molecule has 1 aromatic rings. The number of rotatable bonds is 3. The molecule has 16 heavy (non-hydrogen) atoms. The molecule has 2 rings (SSSR count). The van der Waals surface area contributed by atoms with Crippen molar-refractivity contribution in [1.29, 1.82) is 0 Å². The van der Waals surface area contributed by atoms with Crippen molar-refractivity contribution in [2.24, 2.45) is 0 Å². The van der Waals surface area contributed by atoms with Crippen LogP contribution in [0.15, 0.2) is 24.3 Å². The van der Waals surface area contributed by atoms with E-state index < -0.39 is 0 Å². The number of hydrogen-bond acceptors (Lipinski definition) is 2. The number of anilines is 1. The quantitative estimate of drug-likeness (QED) is 0.780. The third-order valence-electron chi connectivity index (χ3n) is 2.68. The molecule has 4 heteroatoms. The lowest BCUT2D eigenvalue weighted by Gasteiger charge is -2.16. The van der Waals surface area contributed by atoms with Crippen molar-refractivity contribution in [1.82, 2.24) is 4.90 Å². The second kappa shape index (κ2) is 4.43. The Balaban J connectivity index is 2.13. The summed E-state index contributed by atoms with van der Waals surface area (Å²) in [6.07, 6.45) is 0. The van der Waals surface area contributed by atoms with E-state index in [1.54, 1.807) is 9.80 Å². The zero-order valence-corrected chi connectivity index (χ0v) is 9.64. The van der Waals surface area contributed by atoms with E-state index in [9.17, 15) is 4.79 Å². The molecular weight excluding hydrogens is 204 g/mol. The summed E-state index contributed by atoms with van der Waals surface area (Å²) >= 11 is 0. The van der Waals surface area contributed by atoms with E-state index in [1.165, 1.54) is 0 Å². The Kier molecular flexibility index (Phi) is 2.99. The molecule has 0 atom stereocenters. The highest BCUT2D eigenvalue weighted by Crippen LogP contribution is 2.22. The van der Waals surface area contributed by atoms with Crippen LogP contribution < -0.4 is 9.64 Å². The smallest absolute Gasteiger partial charge is 0.324 e. The minimum Gasteiger partial charge on any atom is -0.494 e. The molecule has 1 fully saturated rings. The molecule has 4 nitrogen and oxygen atoms in total. The number of urea groups is 1. The van der Waals surface area contributed by atoms with Crippen molar-refractivity contribution in [2.75, 3.05) is 31.6 Å². The van der Waals surface area contributed by atoms with E-state index >= 15 is 0 Å². The van der Waals surface area contributed by atoms with E-state index in [1.807, 2.05) is 38.2 Å². The third-order valence-corrected chi connectivity index (χ3v) is 2.68. The van der Waals surface area contributed by atoms with Gasteiger partial charge in [0.05, 0.1) is 6.61 Å². The van der Waals surface area contributed by atoms with Gasteiger partial charge < -0.3 is 9.64 Å². The highest BCUT2D eigenvalue weighted by molar-refractivity contribution is 5.93. The van der Waals surface area contributed by atoms with Crippen molar-refractivity contribution >= 4 is 11.7 Å². The molecule has 1 aromatic carbocycles. The molecule has 1 aliphatic heterocycles. The minimum atomic E-state index is 0.0594. The number of ether oxygens (including phenoxy) is 1. The van der Waals surface area contributed by atoms with Gasteiger partial charge in [-0.05, 0) is 31.2 Å². The second-order valence-corrected chi connectivity index (χ2v) is 3.78. The van der Waals surface area contributed by atoms with E-state index in [2.05, 4.69) is 0 Å². The van der Waals surface area contributed by atoms with Gasteiger partial charge in [0.25, 0.3) is 0 Å². The first-order chi connectivity index (χ1) is 7.72. The predicted octanol–water partition coefficient (Wildman–Crippen LogP) is 1.96. The number of benzene rings is 1. The molecule has 1 saturated heterocycles. The lowest BCUT2D eigenvalue weighted by Crippen LogP contribution is -2.29. The van der Waals surface area contributed by atoms with Crippen molar-refractivity contribution in [3.8, 4) is 5.75 Å². The van der Waals surface area contributed by atoms with Crippen LogP contribution in [0.25, 0.3) is 0 Å². The van der Waals surface area contributed by atoms with Gasteiger partial charge in [0.15, 0.2) is 0 Å². The standard InChI is InChI=1S/C12H16N2O2/c1-3-16-11-6-4-10(5-7-11)14-9-8-13(2)12(14)15/h4-7H,3,8-9H2,1-2H3. The summed E-state index contributed by atoms with van der Waals surface area (Å²) < 4.78 is 5.36. The Bertz CT molecular complexity index is 375. The largest absolute Gasteiger partial charge is 0.494 e. The second-order valence-electron chi connectivity index (χ2n) is 3.78. The van der Waals surface area contributed by atoms with Gasteiger partial charge in [0.2, 0.25) is 0 Å². The van der Waals surface area contributed by atoms with Gasteiger partial charge in [-0.1, -0.05) is 0 Å². The fraction of sp³-hybridized carbons (Fsp3) is 0.417. The molecule has 1 heterocycles. The summed E-state index contributed by atoms with van der Waals surface area (Å²) in [5.74, 6) is 0.839. The van der Waals surface area contributed by atoms with E-state index in [-0.39, 0.29) is 6.03 Å². The topological polar surface area (TPSA) is 32.8 Å². The highest BCUT2D eigenvalue weighted by Gasteiger charge is 2.26. The first-order valence-corrected chi connectivity index (χ1v) is 5.48. The summed E-state index contributed by atoms with van der Waals surface area (Å²) in [6.45, 7) is 4.15. The Hall–Kier alpha value is -1.71. The van der Waals surface area contributed by atoms with Crippen LogP contribution in [-0.2, 0) is 0 Å². The zero-order valence-electron chi connectivity index (χ0n) is 9.64. The van der Waals surface area contributed by atoms with Gasteiger partial charge in [0, 0.05) is 25.8 Å². The molecule has 0 unspecified atom stereocenters. The van der Waals surface area contributed by atoms with Gasteiger partial charge in [-0.25, -0.2) is 4.79 Å². The van der Waals surface area contributed by atoms with Gasteiger partial charge in [0.1, 0.15) is 5.75 Å². The molecule has 0 spiro atoms. The van der Waals surface area contributed by atoms with E-state index in [0.717, 1.165) is 24.5 Å². The summed E-state index contributed by atoms with van der Waals surface area (Å²) in [5, 5.41) is 0. The lowest BCUT2D eigenvalue weighted by molar-refractivity contribution is 0.229. The van der Waals surface area contributed by atoms with Gasteiger partial charge in [-0.3, -0.25) is 4.90 Å². The maximum Gasteiger partial charge on any atom is 0.324 e. The van der Waals surface area contributed by atoms with Gasteiger partial charge in [-0.15, -0.1) is 0 Å². The third kappa shape index (κ3) is 1.96. The SMILES string of the molecule is CCOc1ccc(N2CCN(C)C2=O)cc1. The van der Waals surface area contributed by atoms with Gasteiger partial charge >= 0.3 is 6.03 Å². The maximum absolute atomic E-state index is 11.7. The van der Waals surface area contributed by atoms with Crippen LogP contribution in [0.5, 0.6) is 5.75 Å². The molecule has 0 saturated carbocycles. The normalized spacial score (nSPS) is 15.8. The summed E-state index contributed by atoms with van der Waals surface area (Å²) in [6, 6.07) is 7.68. The minimum absolute atomic E-state index is 0.0594. The number of likely N-dealkylation sites (N-methyl/N-ethyl adjacent to an activating group) is 1. The zero-order chi connectivity index (χ0) is 11.5. The average molecular weight is 220 g/mol. The van der Waals surface area contributed by atoms with Crippen LogP contribution in [-0.4, -0.2) is 37.7 Å². The summed E-state index contributed by atoms with van der Waals surface area (Å²) in [7, 11) is 1.82. The highest BCUT2D eigenvalue weighted by atomic mass is 16.5. The lowest BCUT2D eigenvalue weighted by atomic mass is 10.3. The van der Waals surface area contributed by atoms with Crippen molar-refractivity contribution in [2.45, 2.75) is 6.92 Å². The predicted molar refractivity (Wildman–Crippen MR) is 63.0 cm³/mol. The van der Waals surface area contributed by atoms with Crippen LogP contribution >= 0.6 is 0 Å². The Labute approximate surface area is 95.4 Å². The fourth-order valence-corrected chi connectivity index (χ4v) is 1.78. The number of nitrogens with zero attached hydrogens (tertiary/aromatic N) is 2. The van der Waals surface area contributed by atoms with Crippen LogP contribution in [0.1, 0.15) is 6.92 Å². The molecule has 1 aliphatic rings. The molecule has 0 N–H and O–H groups in total. The fourth-order valence-electron chi connectivity index (χ4n) is 1.78. The first kappa shape index (κ1) is 10.8. The number of carbonyl (C=O) groups is 1. The summed E-state index contributed by atoms with van der Waals surface area (Å²) in [4.78, 5) is 15.2. The molecule has 0 aliphatic carbocycles. The molecule has 0 bridgehead atoms. The van der Waals surface area contributed by atoms with E-state index in [4.69, 9.17) is 4.74 Å². The molecule has 0 radical (unpaired) electrons. The Morgan fingerprint density at radius 3 is 2.44 bits per heavy atom. The molecular formula is C12H16N2O2. The van der Waals surface area contributed by atoms with Crippen LogP contribution in [0, 0.1) is 0 Å². The van der Waals surface area contributed by atoms with Crippen molar-refractivity contribution < 1.29 is 9.53 Å². The first-order valence-electron chi connectivity index (χ1n) is 5.48. The number of amides is 2. The number of carbonyl (C=O) groups excluding carboxylic acids is 1. The summed E-state index contributed by atoms with van der Waals surface area (Å²) in [5.41, 5.74) is 0.929. The maximum atomic E-state index is 11.7. The average Bonchev–Trinajstić information content (AvgIpc) is 2.62. The Morgan fingerprint density at radius 2 is 1.94 bits per heavy atom. The van der Waals surface area contributed by atoms with E-state index in [0.29, 0.717) is 6.61 Å². The molecule has 86 valence electrons. The van der Waals surface area contributed by atoms with Crippen LogP contribution in [0.3, 0.4) is 0 Å². The molecule has 0 aromatic heterocycles. The Morgan fingerprint density at radius 1 is 1.25 bits per heavy atom. The van der Waals surface area contributed by atoms with Crippen LogP contribution in [0.2, 0.25) is 0 Å².